The Kier molecular flexibility index (Phi) is 2.68. The number of thiazole rings is 1. The number of piperazine rings is 1. The normalized spacial score (nSPS) is 22.8. The Balaban J connectivity index is 1.65. The van der Waals surface area contributed by atoms with Gasteiger partial charge in [0.15, 0.2) is 5.65 Å². The van der Waals surface area contributed by atoms with Crippen molar-refractivity contribution in [3.8, 4) is 16.8 Å². The van der Waals surface area contributed by atoms with E-state index < -0.39 is 0 Å². The van der Waals surface area contributed by atoms with Gasteiger partial charge < -0.3 is 10.2 Å². The first-order valence-corrected chi connectivity index (χ1v) is 8.40. The molecule has 23 heavy (non-hydrogen) atoms. The molecule has 1 N–H and O–H groups in total. The van der Waals surface area contributed by atoms with Crippen LogP contribution in [-0.2, 0) is 0 Å². The highest BCUT2D eigenvalue weighted by molar-refractivity contribution is 7.13. The van der Waals surface area contributed by atoms with Crippen LogP contribution in [0.2, 0.25) is 0 Å². The lowest BCUT2D eigenvalue weighted by Gasteiger charge is -2.47. The van der Waals surface area contributed by atoms with Crippen LogP contribution in [0.4, 0.5) is 5.95 Å². The fraction of sp³-hybridized carbons (Fsp3) is 0.333. The zero-order chi connectivity index (χ0) is 15.4. The summed E-state index contributed by atoms with van der Waals surface area (Å²) in [6, 6.07) is 6.96. The van der Waals surface area contributed by atoms with E-state index in [1.807, 2.05) is 11.4 Å². The molecule has 0 amide bonds. The first-order valence-electron chi connectivity index (χ1n) is 7.52. The second kappa shape index (κ2) is 4.75. The average Bonchev–Trinajstić information content (AvgIpc) is 3.23. The highest BCUT2D eigenvalue weighted by atomic mass is 32.1. The summed E-state index contributed by atoms with van der Waals surface area (Å²) >= 11 is 1.55. The molecule has 0 aliphatic carbocycles. The zero-order valence-corrected chi connectivity index (χ0v) is 13.0. The van der Waals surface area contributed by atoms with Crippen LogP contribution in [-0.4, -0.2) is 44.8 Å². The van der Waals surface area contributed by atoms with Gasteiger partial charge in [0.05, 0.1) is 5.56 Å². The first-order chi connectivity index (χ1) is 11.3. The third-order valence-corrected chi connectivity index (χ3v) is 5.25. The minimum Gasteiger partial charge on any atom is -0.336 e. The molecule has 6 heterocycles. The van der Waals surface area contributed by atoms with Crippen LogP contribution in [0, 0.1) is 11.3 Å². The van der Waals surface area contributed by atoms with Crippen LogP contribution in [0.1, 0.15) is 12.0 Å². The second-order valence-corrected chi connectivity index (χ2v) is 6.82. The standard InChI is InChI=1S/C15H13N7S/c16-6-9-1-2-12(14-17-3-4-23-14)22-13(9)19-15(20-22)21-7-10-5-11(8-21)18-10/h1-4,10-11,18H,5,7-8H2. The van der Waals surface area contributed by atoms with Gasteiger partial charge in [-0.3, -0.25) is 0 Å². The van der Waals surface area contributed by atoms with Crippen molar-refractivity contribution in [3.63, 3.8) is 0 Å². The summed E-state index contributed by atoms with van der Waals surface area (Å²) in [7, 11) is 0. The van der Waals surface area contributed by atoms with E-state index in [1.165, 1.54) is 6.42 Å². The van der Waals surface area contributed by atoms with Crippen LogP contribution in [0.5, 0.6) is 0 Å². The number of fused-ring (bicyclic) bond motifs is 3. The summed E-state index contributed by atoms with van der Waals surface area (Å²) in [5, 5.41) is 20.3. The molecule has 0 saturated carbocycles. The number of hydrogen-bond donors (Lipinski definition) is 1. The molecular formula is C15H13N7S. The molecule has 2 atom stereocenters. The molecule has 0 aromatic carbocycles. The third-order valence-electron chi connectivity index (χ3n) is 4.45. The molecule has 114 valence electrons. The minimum absolute atomic E-state index is 0.532. The fourth-order valence-electron chi connectivity index (χ4n) is 3.36. The molecule has 0 radical (unpaired) electrons. The Labute approximate surface area is 136 Å². The molecule has 8 heteroatoms. The van der Waals surface area contributed by atoms with Gasteiger partial charge in [0.1, 0.15) is 16.8 Å². The van der Waals surface area contributed by atoms with Crippen LogP contribution >= 0.6 is 11.3 Å². The van der Waals surface area contributed by atoms with Gasteiger partial charge in [-0.05, 0) is 18.6 Å². The summed E-state index contributed by atoms with van der Waals surface area (Å²) < 4.78 is 1.75. The van der Waals surface area contributed by atoms with E-state index >= 15 is 0 Å². The fourth-order valence-corrected chi connectivity index (χ4v) is 4.01. The number of pyridine rings is 1. The monoisotopic (exact) mass is 323 g/mol. The van der Waals surface area contributed by atoms with E-state index in [0.29, 0.717) is 29.2 Å². The van der Waals surface area contributed by atoms with Gasteiger partial charge >= 0.3 is 0 Å². The van der Waals surface area contributed by atoms with Crippen molar-refractivity contribution in [1.29, 1.82) is 5.26 Å². The smallest absolute Gasteiger partial charge is 0.245 e. The molecular weight excluding hydrogens is 310 g/mol. The Morgan fingerprint density at radius 2 is 2.13 bits per heavy atom. The number of aromatic nitrogens is 4. The summed E-state index contributed by atoms with van der Waals surface area (Å²) in [6.07, 6.45) is 3.00. The Hall–Kier alpha value is -2.50. The van der Waals surface area contributed by atoms with Gasteiger partial charge in [0, 0.05) is 36.8 Å². The summed E-state index contributed by atoms with van der Waals surface area (Å²) in [6.45, 7) is 1.84. The number of rotatable bonds is 2. The van der Waals surface area contributed by atoms with Gasteiger partial charge in [0.25, 0.3) is 0 Å². The van der Waals surface area contributed by atoms with Crippen LogP contribution in [0.15, 0.2) is 23.7 Å². The molecule has 3 aromatic rings. The van der Waals surface area contributed by atoms with Gasteiger partial charge in [0.2, 0.25) is 5.95 Å². The molecule has 3 saturated heterocycles. The lowest BCUT2D eigenvalue weighted by Crippen LogP contribution is -2.67. The highest BCUT2D eigenvalue weighted by Gasteiger charge is 2.37. The van der Waals surface area contributed by atoms with E-state index in [-0.39, 0.29) is 0 Å². The lowest BCUT2D eigenvalue weighted by atomic mass is 9.92. The molecule has 6 rings (SSSR count). The van der Waals surface area contributed by atoms with Crippen molar-refractivity contribution in [2.24, 2.45) is 0 Å². The van der Waals surface area contributed by atoms with E-state index in [4.69, 9.17) is 0 Å². The van der Waals surface area contributed by atoms with E-state index in [2.05, 4.69) is 31.4 Å². The van der Waals surface area contributed by atoms with Crippen LogP contribution in [0.25, 0.3) is 16.3 Å². The van der Waals surface area contributed by atoms with Gasteiger partial charge in [-0.15, -0.1) is 16.4 Å². The SMILES string of the molecule is N#Cc1ccc(-c2nccs2)n2nc(N3CC4CC(C3)N4)nc12. The predicted octanol–water partition coefficient (Wildman–Crippen LogP) is 1.27. The largest absolute Gasteiger partial charge is 0.336 e. The van der Waals surface area contributed by atoms with Crippen molar-refractivity contribution in [1.82, 2.24) is 24.9 Å². The second-order valence-electron chi connectivity index (χ2n) is 5.93. The number of piperidine rings is 1. The van der Waals surface area contributed by atoms with E-state index in [1.54, 1.807) is 28.1 Å². The summed E-state index contributed by atoms with van der Waals surface area (Å²) in [5.74, 6) is 0.696. The number of nitrogens with one attached hydrogen (secondary N) is 1. The molecule has 3 aliphatic rings. The summed E-state index contributed by atoms with van der Waals surface area (Å²) in [4.78, 5) is 11.2. The zero-order valence-electron chi connectivity index (χ0n) is 12.2. The molecule has 3 aromatic heterocycles. The summed E-state index contributed by atoms with van der Waals surface area (Å²) in [5.41, 5.74) is 2.00. The van der Waals surface area contributed by atoms with Crippen molar-refractivity contribution >= 4 is 22.9 Å². The van der Waals surface area contributed by atoms with Crippen LogP contribution < -0.4 is 10.2 Å². The molecule has 3 aliphatic heterocycles. The van der Waals surface area contributed by atoms with Gasteiger partial charge in [-0.1, -0.05) is 0 Å². The van der Waals surface area contributed by atoms with Crippen molar-refractivity contribution in [3.05, 3.63) is 29.3 Å². The third kappa shape index (κ3) is 1.94. The number of hydrogen-bond acceptors (Lipinski definition) is 7. The van der Waals surface area contributed by atoms with Crippen molar-refractivity contribution < 1.29 is 0 Å². The number of nitrogens with zero attached hydrogens (tertiary/aromatic N) is 6. The Bertz CT molecular complexity index is 907. The van der Waals surface area contributed by atoms with Crippen molar-refractivity contribution in [2.75, 3.05) is 18.0 Å². The molecule has 0 spiro atoms. The molecule has 3 fully saturated rings. The predicted molar refractivity (Wildman–Crippen MR) is 86.4 cm³/mol. The van der Waals surface area contributed by atoms with Crippen molar-refractivity contribution in [2.45, 2.75) is 18.5 Å². The van der Waals surface area contributed by atoms with E-state index in [9.17, 15) is 5.26 Å². The highest BCUT2D eigenvalue weighted by Crippen LogP contribution is 2.28. The minimum atomic E-state index is 0.532. The Morgan fingerprint density at radius 1 is 1.30 bits per heavy atom. The number of nitriles is 1. The van der Waals surface area contributed by atoms with Crippen LogP contribution in [0.3, 0.4) is 0 Å². The maximum atomic E-state index is 9.36. The van der Waals surface area contributed by atoms with Gasteiger partial charge in [-0.2, -0.15) is 10.2 Å². The Morgan fingerprint density at radius 3 is 2.83 bits per heavy atom. The van der Waals surface area contributed by atoms with E-state index in [0.717, 1.165) is 23.8 Å². The maximum Gasteiger partial charge on any atom is 0.245 e. The molecule has 2 bridgehead atoms. The quantitative estimate of drug-likeness (QED) is 0.765. The molecule has 7 nitrogen and oxygen atoms in total. The molecule has 2 unspecified atom stereocenters. The topological polar surface area (TPSA) is 82.1 Å². The number of anilines is 1. The lowest BCUT2D eigenvalue weighted by molar-refractivity contribution is 0.224. The maximum absolute atomic E-state index is 9.36. The van der Waals surface area contributed by atoms with Gasteiger partial charge in [-0.25, -0.2) is 9.50 Å². The first kappa shape index (κ1) is 13.0. The average molecular weight is 323 g/mol.